The van der Waals surface area contributed by atoms with E-state index in [1.807, 2.05) is 13.0 Å². The fraction of sp³-hybridized carbons (Fsp3) is 0.526. The SMILES string of the molecule is CCN(CC1CCCN(CCc2cccc(F)c2)C1)C(=O)c1n[nH]c(Cl)n1. The lowest BCUT2D eigenvalue weighted by atomic mass is 9.96. The number of aromatic amines is 1. The van der Waals surface area contributed by atoms with E-state index in [-0.39, 0.29) is 22.8 Å². The Labute approximate surface area is 163 Å². The highest BCUT2D eigenvalue weighted by Gasteiger charge is 2.25. The van der Waals surface area contributed by atoms with Gasteiger partial charge in [-0.25, -0.2) is 9.49 Å². The van der Waals surface area contributed by atoms with Gasteiger partial charge in [-0.1, -0.05) is 12.1 Å². The molecule has 0 bridgehead atoms. The molecule has 1 aromatic carbocycles. The minimum atomic E-state index is -0.197. The average molecular weight is 394 g/mol. The summed E-state index contributed by atoms with van der Waals surface area (Å²) >= 11 is 5.73. The number of amides is 1. The summed E-state index contributed by atoms with van der Waals surface area (Å²) < 4.78 is 13.3. The van der Waals surface area contributed by atoms with Gasteiger partial charge >= 0.3 is 0 Å². The van der Waals surface area contributed by atoms with Crippen molar-refractivity contribution in [3.63, 3.8) is 0 Å². The fourth-order valence-corrected chi connectivity index (χ4v) is 3.75. The molecule has 1 N–H and O–H groups in total. The molecule has 1 amide bonds. The monoisotopic (exact) mass is 393 g/mol. The molecule has 1 aromatic heterocycles. The van der Waals surface area contributed by atoms with Crippen LogP contribution in [0, 0.1) is 11.7 Å². The second-order valence-electron chi connectivity index (χ2n) is 6.98. The molecular formula is C19H25ClFN5O. The predicted octanol–water partition coefficient (Wildman–Crippen LogP) is 3.01. The Morgan fingerprint density at radius 1 is 1.48 bits per heavy atom. The van der Waals surface area contributed by atoms with Gasteiger partial charge in [0.05, 0.1) is 0 Å². The van der Waals surface area contributed by atoms with Crippen LogP contribution in [0.3, 0.4) is 0 Å². The van der Waals surface area contributed by atoms with Crippen molar-refractivity contribution in [2.24, 2.45) is 5.92 Å². The smallest absolute Gasteiger partial charge is 0.293 e. The van der Waals surface area contributed by atoms with Crippen LogP contribution in [-0.4, -0.2) is 63.6 Å². The van der Waals surface area contributed by atoms with Crippen LogP contribution < -0.4 is 0 Å². The average Bonchev–Trinajstić information content (AvgIpc) is 3.11. The van der Waals surface area contributed by atoms with E-state index in [0.717, 1.165) is 44.5 Å². The van der Waals surface area contributed by atoms with Gasteiger partial charge in [0, 0.05) is 26.2 Å². The second-order valence-corrected chi connectivity index (χ2v) is 7.34. The number of aromatic nitrogens is 3. The van der Waals surface area contributed by atoms with E-state index >= 15 is 0 Å². The van der Waals surface area contributed by atoms with Crippen LogP contribution in [0.25, 0.3) is 0 Å². The van der Waals surface area contributed by atoms with Crippen molar-refractivity contribution in [2.75, 3.05) is 32.7 Å². The predicted molar refractivity (Wildman–Crippen MR) is 102 cm³/mol. The summed E-state index contributed by atoms with van der Waals surface area (Å²) in [4.78, 5) is 20.7. The lowest BCUT2D eigenvalue weighted by Crippen LogP contribution is -2.43. The van der Waals surface area contributed by atoms with Crippen LogP contribution in [0.5, 0.6) is 0 Å². The van der Waals surface area contributed by atoms with Crippen LogP contribution in [0.2, 0.25) is 5.28 Å². The molecule has 1 aliphatic heterocycles. The summed E-state index contributed by atoms with van der Waals surface area (Å²) in [5, 5.41) is 6.48. The molecule has 0 radical (unpaired) electrons. The van der Waals surface area contributed by atoms with Crippen molar-refractivity contribution in [1.29, 1.82) is 0 Å². The highest BCUT2D eigenvalue weighted by atomic mass is 35.5. The molecule has 27 heavy (non-hydrogen) atoms. The number of benzene rings is 1. The van der Waals surface area contributed by atoms with Crippen LogP contribution in [-0.2, 0) is 6.42 Å². The molecule has 0 spiro atoms. The topological polar surface area (TPSA) is 65.1 Å². The largest absolute Gasteiger partial charge is 0.336 e. The highest BCUT2D eigenvalue weighted by Crippen LogP contribution is 2.19. The third kappa shape index (κ3) is 5.49. The van der Waals surface area contributed by atoms with Gasteiger partial charge in [-0.3, -0.25) is 4.79 Å². The first kappa shape index (κ1) is 19.8. The number of piperidine rings is 1. The van der Waals surface area contributed by atoms with Gasteiger partial charge in [0.15, 0.2) is 0 Å². The number of hydrogen-bond donors (Lipinski definition) is 1. The molecule has 1 aliphatic rings. The molecule has 146 valence electrons. The number of rotatable bonds is 7. The first-order chi connectivity index (χ1) is 13.0. The normalized spacial score (nSPS) is 17.8. The van der Waals surface area contributed by atoms with Crippen molar-refractivity contribution >= 4 is 17.5 Å². The Kier molecular flexibility index (Phi) is 6.79. The first-order valence-electron chi connectivity index (χ1n) is 9.39. The molecule has 0 aliphatic carbocycles. The molecule has 1 unspecified atom stereocenters. The molecule has 8 heteroatoms. The molecule has 0 saturated carbocycles. The third-order valence-electron chi connectivity index (χ3n) is 5.01. The molecular weight excluding hydrogens is 369 g/mol. The van der Waals surface area contributed by atoms with Gasteiger partial charge in [-0.15, -0.1) is 5.10 Å². The summed E-state index contributed by atoms with van der Waals surface area (Å²) in [7, 11) is 0. The summed E-state index contributed by atoms with van der Waals surface area (Å²) in [6.45, 7) is 6.12. The zero-order valence-corrected chi connectivity index (χ0v) is 16.3. The number of hydrogen-bond acceptors (Lipinski definition) is 4. The van der Waals surface area contributed by atoms with Gasteiger partial charge in [0.1, 0.15) is 5.82 Å². The molecule has 1 fully saturated rings. The number of carbonyl (C=O) groups excluding carboxylic acids is 1. The minimum Gasteiger partial charge on any atom is -0.336 e. The zero-order valence-electron chi connectivity index (χ0n) is 15.5. The number of nitrogens with zero attached hydrogens (tertiary/aromatic N) is 4. The van der Waals surface area contributed by atoms with E-state index in [4.69, 9.17) is 11.6 Å². The van der Waals surface area contributed by atoms with Crippen LogP contribution in [0.15, 0.2) is 24.3 Å². The molecule has 2 aromatic rings. The zero-order chi connectivity index (χ0) is 19.2. The van der Waals surface area contributed by atoms with Crippen molar-refractivity contribution < 1.29 is 9.18 Å². The van der Waals surface area contributed by atoms with Gasteiger partial charge in [-0.2, -0.15) is 4.98 Å². The van der Waals surface area contributed by atoms with Crippen LogP contribution >= 0.6 is 11.6 Å². The number of carbonyl (C=O) groups is 1. The van der Waals surface area contributed by atoms with E-state index in [1.54, 1.807) is 17.0 Å². The Morgan fingerprint density at radius 3 is 3.04 bits per heavy atom. The Bertz CT molecular complexity index is 768. The Balaban J connectivity index is 1.53. The Morgan fingerprint density at radius 2 is 2.33 bits per heavy atom. The maximum Gasteiger partial charge on any atom is 0.293 e. The fourth-order valence-electron chi connectivity index (χ4n) is 3.63. The van der Waals surface area contributed by atoms with Crippen LogP contribution in [0.4, 0.5) is 4.39 Å². The summed E-state index contributed by atoms with van der Waals surface area (Å²) in [6.07, 6.45) is 3.03. The number of nitrogens with one attached hydrogen (secondary N) is 1. The maximum atomic E-state index is 13.3. The minimum absolute atomic E-state index is 0.112. The molecule has 2 heterocycles. The molecule has 6 nitrogen and oxygen atoms in total. The van der Waals surface area contributed by atoms with Gasteiger partial charge in [0.2, 0.25) is 11.1 Å². The number of halogens is 2. The van der Waals surface area contributed by atoms with Crippen molar-refractivity contribution in [3.8, 4) is 0 Å². The van der Waals surface area contributed by atoms with E-state index in [1.165, 1.54) is 6.07 Å². The third-order valence-corrected chi connectivity index (χ3v) is 5.17. The van der Waals surface area contributed by atoms with Crippen molar-refractivity contribution in [2.45, 2.75) is 26.2 Å². The molecule has 3 rings (SSSR count). The highest BCUT2D eigenvalue weighted by molar-refractivity contribution is 6.28. The van der Waals surface area contributed by atoms with Crippen molar-refractivity contribution in [3.05, 3.63) is 46.8 Å². The van der Waals surface area contributed by atoms with Gasteiger partial charge in [0.25, 0.3) is 5.91 Å². The standard InChI is InChI=1S/C19H25ClFN5O/c1-2-26(18(27)17-22-19(20)24-23-17)13-15-6-4-9-25(12-15)10-8-14-5-3-7-16(21)11-14/h3,5,7,11,15H,2,4,6,8-10,12-13H2,1H3,(H,22,23,24). The van der Waals surface area contributed by atoms with Gasteiger partial charge < -0.3 is 9.80 Å². The van der Waals surface area contributed by atoms with E-state index in [9.17, 15) is 9.18 Å². The second kappa shape index (κ2) is 9.28. The van der Waals surface area contributed by atoms with E-state index in [0.29, 0.717) is 19.0 Å². The number of likely N-dealkylation sites (tertiary alicyclic amines) is 1. The van der Waals surface area contributed by atoms with Gasteiger partial charge in [-0.05, 0) is 67.9 Å². The van der Waals surface area contributed by atoms with Crippen molar-refractivity contribution in [1.82, 2.24) is 25.0 Å². The molecule has 1 atom stereocenters. The lowest BCUT2D eigenvalue weighted by molar-refractivity contribution is 0.0679. The molecule has 1 saturated heterocycles. The number of H-pyrrole nitrogens is 1. The lowest BCUT2D eigenvalue weighted by Gasteiger charge is -2.35. The quantitative estimate of drug-likeness (QED) is 0.785. The maximum absolute atomic E-state index is 13.3. The summed E-state index contributed by atoms with van der Waals surface area (Å²) in [6, 6.07) is 6.78. The summed E-state index contributed by atoms with van der Waals surface area (Å²) in [5.74, 6) is 0.135. The summed E-state index contributed by atoms with van der Waals surface area (Å²) in [5.41, 5.74) is 1.02. The Hall–Kier alpha value is -1.99. The van der Waals surface area contributed by atoms with E-state index < -0.39 is 0 Å². The first-order valence-corrected chi connectivity index (χ1v) is 9.77. The van der Waals surface area contributed by atoms with E-state index in [2.05, 4.69) is 20.1 Å². The van der Waals surface area contributed by atoms with Crippen LogP contribution in [0.1, 0.15) is 35.9 Å².